The number of benzene rings is 1. The maximum atomic E-state index is 12.1. The molecule has 0 radical (unpaired) electrons. The van der Waals surface area contributed by atoms with Gasteiger partial charge in [-0.2, -0.15) is 0 Å². The van der Waals surface area contributed by atoms with Crippen molar-refractivity contribution < 1.29 is 17.9 Å². The molecule has 0 aromatic heterocycles. The third-order valence-corrected chi connectivity index (χ3v) is 5.66. The number of sulfonamides is 1. The molecular formula is C17H27N3O4S. The normalized spacial score (nSPS) is 15.6. The number of carbonyl (C=O) groups is 1. The lowest BCUT2D eigenvalue weighted by Crippen LogP contribution is -2.28. The Morgan fingerprint density at radius 1 is 1.32 bits per heavy atom. The molecule has 1 heterocycles. The zero-order valence-corrected chi connectivity index (χ0v) is 15.6. The van der Waals surface area contributed by atoms with E-state index in [4.69, 9.17) is 4.74 Å². The molecule has 0 spiro atoms. The Morgan fingerprint density at radius 3 is 2.68 bits per heavy atom. The summed E-state index contributed by atoms with van der Waals surface area (Å²) in [5.74, 6) is 0.911. The molecular weight excluding hydrogens is 342 g/mol. The molecule has 8 heteroatoms. The van der Waals surface area contributed by atoms with Gasteiger partial charge in [0, 0.05) is 18.2 Å². The number of amides is 1. The highest BCUT2D eigenvalue weighted by molar-refractivity contribution is 7.92. The lowest BCUT2D eigenvalue weighted by Gasteiger charge is -2.22. The Bertz CT molecular complexity index is 685. The summed E-state index contributed by atoms with van der Waals surface area (Å²) in [4.78, 5) is 12.1. The predicted molar refractivity (Wildman–Crippen MR) is 99.5 cm³/mol. The molecule has 1 aliphatic heterocycles. The Balaban J connectivity index is 1.94. The molecule has 140 valence electrons. The van der Waals surface area contributed by atoms with Crippen molar-refractivity contribution in [3.8, 4) is 5.75 Å². The monoisotopic (exact) mass is 369 g/mol. The van der Waals surface area contributed by atoms with Crippen LogP contribution in [0.1, 0.15) is 32.6 Å². The molecule has 0 unspecified atom stereocenters. The van der Waals surface area contributed by atoms with Gasteiger partial charge in [0.05, 0.1) is 18.6 Å². The van der Waals surface area contributed by atoms with Gasteiger partial charge in [0.2, 0.25) is 15.9 Å². The summed E-state index contributed by atoms with van der Waals surface area (Å²) >= 11 is 0. The molecule has 2 rings (SSSR count). The molecule has 25 heavy (non-hydrogen) atoms. The second kappa shape index (κ2) is 9.05. The van der Waals surface area contributed by atoms with Gasteiger partial charge in [0.15, 0.2) is 0 Å². The highest BCUT2D eigenvalue weighted by Crippen LogP contribution is 2.29. The molecule has 0 atom stereocenters. The van der Waals surface area contributed by atoms with Crippen molar-refractivity contribution in [2.75, 3.05) is 36.0 Å². The number of rotatable bonds is 8. The maximum Gasteiger partial charge on any atom is 0.232 e. The van der Waals surface area contributed by atoms with Crippen molar-refractivity contribution in [3.05, 3.63) is 18.2 Å². The van der Waals surface area contributed by atoms with Crippen LogP contribution in [0.4, 0.5) is 11.4 Å². The number of anilines is 2. The molecule has 1 aromatic carbocycles. The van der Waals surface area contributed by atoms with Crippen LogP contribution in [-0.4, -0.2) is 40.3 Å². The molecule has 1 amide bonds. The molecule has 0 saturated carbocycles. The second-order valence-electron chi connectivity index (χ2n) is 6.20. The average Bonchev–Trinajstić information content (AvgIpc) is 2.62. The van der Waals surface area contributed by atoms with E-state index in [1.807, 2.05) is 0 Å². The highest BCUT2D eigenvalue weighted by atomic mass is 32.2. The van der Waals surface area contributed by atoms with E-state index in [-0.39, 0.29) is 11.7 Å². The number of methoxy groups -OCH3 is 1. The van der Waals surface area contributed by atoms with E-state index >= 15 is 0 Å². The van der Waals surface area contributed by atoms with Crippen molar-refractivity contribution in [3.63, 3.8) is 0 Å². The summed E-state index contributed by atoms with van der Waals surface area (Å²) in [7, 11) is -1.92. The number of hydrogen-bond acceptors (Lipinski definition) is 5. The van der Waals surface area contributed by atoms with Gasteiger partial charge in [-0.1, -0.05) is 0 Å². The first kappa shape index (κ1) is 19.5. The zero-order chi connectivity index (χ0) is 18.3. The van der Waals surface area contributed by atoms with Crippen molar-refractivity contribution in [1.29, 1.82) is 0 Å². The van der Waals surface area contributed by atoms with Gasteiger partial charge in [-0.3, -0.25) is 9.52 Å². The lowest BCUT2D eigenvalue weighted by molar-refractivity contribution is -0.116. The fraction of sp³-hybridized carbons (Fsp3) is 0.588. The third kappa shape index (κ3) is 6.21. The number of piperidine rings is 1. The van der Waals surface area contributed by atoms with Gasteiger partial charge in [0.25, 0.3) is 0 Å². The summed E-state index contributed by atoms with van der Waals surface area (Å²) in [6, 6.07) is 4.88. The Hall–Kier alpha value is -1.80. The van der Waals surface area contributed by atoms with Crippen molar-refractivity contribution in [2.45, 2.75) is 32.6 Å². The molecule has 1 saturated heterocycles. The standard InChI is InChI=1S/C17H27N3O4S/c1-3-25(22,23)20-15-6-5-14(12-16(15)24-2)19-17(21)7-4-13-8-10-18-11-9-13/h5-6,12-13,18,20H,3-4,7-11H2,1-2H3,(H,19,21). The number of ether oxygens (including phenoxy) is 1. The van der Waals surface area contributed by atoms with Crippen LogP contribution in [-0.2, 0) is 14.8 Å². The number of nitrogens with one attached hydrogen (secondary N) is 3. The summed E-state index contributed by atoms with van der Waals surface area (Å²) < 4.78 is 31.1. The van der Waals surface area contributed by atoms with Gasteiger partial charge in [-0.15, -0.1) is 0 Å². The molecule has 1 aliphatic rings. The highest BCUT2D eigenvalue weighted by Gasteiger charge is 2.15. The Kier molecular flexibility index (Phi) is 7.07. The smallest absolute Gasteiger partial charge is 0.232 e. The minimum absolute atomic E-state index is 0.0225. The van der Waals surface area contributed by atoms with Gasteiger partial charge < -0.3 is 15.4 Å². The van der Waals surface area contributed by atoms with Crippen LogP contribution in [0.5, 0.6) is 5.75 Å². The summed E-state index contributed by atoms with van der Waals surface area (Å²) in [5.41, 5.74) is 0.948. The average molecular weight is 369 g/mol. The van der Waals surface area contributed by atoms with Crippen LogP contribution in [0.25, 0.3) is 0 Å². The van der Waals surface area contributed by atoms with E-state index < -0.39 is 10.0 Å². The second-order valence-corrected chi connectivity index (χ2v) is 8.21. The summed E-state index contributed by atoms with van der Waals surface area (Å²) in [5, 5.41) is 6.17. The first-order valence-electron chi connectivity index (χ1n) is 8.62. The SMILES string of the molecule is CCS(=O)(=O)Nc1ccc(NC(=O)CCC2CCNCC2)cc1OC. The maximum absolute atomic E-state index is 12.1. The van der Waals surface area contributed by atoms with Crippen LogP contribution in [0, 0.1) is 5.92 Å². The topological polar surface area (TPSA) is 96.5 Å². The molecule has 7 nitrogen and oxygen atoms in total. The Morgan fingerprint density at radius 2 is 2.04 bits per heavy atom. The molecule has 1 fully saturated rings. The molecule has 0 bridgehead atoms. The fourth-order valence-corrected chi connectivity index (χ4v) is 3.47. The Labute approximate surface area is 149 Å². The first-order chi connectivity index (χ1) is 11.9. The quantitative estimate of drug-likeness (QED) is 0.653. The van der Waals surface area contributed by atoms with Gasteiger partial charge in [-0.05, 0) is 57.3 Å². The van der Waals surface area contributed by atoms with E-state index in [0.29, 0.717) is 29.5 Å². The zero-order valence-electron chi connectivity index (χ0n) is 14.8. The summed E-state index contributed by atoms with van der Waals surface area (Å²) in [6.45, 7) is 3.61. The van der Waals surface area contributed by atoms with E-state index in [1.54, 1.807) is 25.1 Å². The summed E-state index contributed by atoms with van der Waals surface area (Å²) in [6.07, 6.45) is 3.61. The van der Waals surface area contributed by atoms with Crippen LogP contribution >= 0.6 is 0 Å². The lowest BCUT2D eigenvalue weighted by atomic mass is 9.93. The van der Waals surface area contributed by atoms with Crippen LogP contribution in [0.3, 0.4) is 0 Å². The molecule has 3 N–H and O–H groups in total. The minimum Gasteiger partial charge on any atom is -0.494 e. The number of carbonyl (C=O) groups excluding carboxylic acids is 1. The minimum atomic E-state index is -3.38. The largest absolute Gasteiger partial charge is 0.494 e. The van der Waals surface area contributed by atoms with E-state index in [9.17, 15) is 13.2 Å². The van der Waals surface area contributed by atoms with Crippen molar-refractivity contribution in [2.24, 2.45) is 5.92 Å². The van der Waals surface area contributed by atoms with Crippen LogP contribution in [0.15, 0.2) is 18.2 Å². The van der Waals surface area contributed by atoms with E-state index in [0.717, 1.165) is 32.4 Å². The van der Waals surface area contributed by atoms with Crippen LogP contribution in [0.2, 0.25) is 0 Å². The van der Waals surface area contributed by atoms with E-state index in [2.05, 4.69) is 15.4 Å². The molecule has 0 aliphatic carbocycles. The molecule has 1 aromatic rings. The van der Waals surface area contributed by atoms with Crippen LogP contribution < -0.4 is 20.1 Å². The predicted octanol–water partition coefficient (Wildman–Crippen LogP) is 2.18. The van der Waals surface area contributed by atoms with Crippen molar-refractivity contribution in [1.82, 2.24) is 5.32 Å². The van der Waals surface area contributed by atoms with E-state index in [1.165, 1.54) is 7.11 Å². The third-order valence-electron chi connectivity index (χ3n) is 4.37. The first-order valence-corrected chi connectivity index (χ1v) is 10.3. The van der Waals surface area contributed by atoms with Crippen molar-refractivity contribution >= 4 is 27.3 Å². The van der Waals surface area contributed by atoms with Gasteiger partial charge >= 0.3 is 0 Å². The number of hydrogen-bond donors (Lipinski definition) is 3. The van der Waals surface area contributed by atoms with Gasteiger partial charge in [0.1, 0.15) is 5.75 Å². The van der Waals surface area contributed by atoms with Gasteiger partial charge in [-0.25, -0.2) is 8.42 Å². The fourth-order valence-electron chi connectivity index (χ4n) is 2.82.